The molecule has 2 aromatic rings. The van der Waals surface area contributed by atoms with E-state index in [9.17, 15) is 9.50 Å². The smallest absolute Gasteiger partial charge is 0.144 e. The Morgan fingerprint density at radius 1 is 1.25 bits per heavy atom. The minimum absolute atomic E-state index is 0. The summed E-state index contributed by atoms with van der Waals surface area (Å²) in [6, 6.07) is 8.40. The number of phenols is 1. The van der Waals surface area contributed by atoms with Crippen LogP contribution < -0.4 is 5.32 Å². The van der Waals surface area contributed by atoms with E-state index in [1.165, 1.54) is 6.07 Å². The van der Waals surface area contributed by atoms with Gasteiger partial charge in [0.15, 0.2) is 0 Å². The molecule has 0 bridgehead atoms. The molecule has 1 aromatic heterocycles. The zero-order chi connectivity index (χ0) is 15.5. The average molecular weight is 390 g/mol. The second kappa shape index (κ2) is 9.21. The summed E-state index contributed by atoms with van der Waals surface area (Å²) >= 11 is 1.60. The monoisotopic (exact) mass is 389 g/mol. The van der Waals surface area contributed by atoms with Crippen LogP contribution in [0.4, 0.5) is 4.39 Å². The molecule has 130 valence electrons. The molecular weight excluding hydrogens is 372 g/mol. The second-order valence-corrected chi connectivity index (χ2v) is 6.16. The van der Waals surface area contributed by atoms with E-state index >= 15 is 0 Å². The van der Waals surface area contributed by atoms with E-state index < -0.39 is 5.82 Å². The van der Waals surface area contributed by atoms with Gasteiger partial charge in [-0.2, -0.15) is 5.26 Å². The summed E-state index contributed by atoms with van der Waals surface area (Å²) in [5.41, 5.74) is 0.302. The van der Waals surface area contributed by atoms with E-state index in [0.717, 1.165) is 31.1 Å². The molecule has 8 heteroatoms. The minimum atomic E-state index is -0.686. The van der Waals surface area contributed by atoms with Crippen LogP contribution in [0.1, 0.15) is 22.0 Å². The van der Waals surface area contributed by atoms with Gasteiger partial charge in [-0.15, -0.1) is 36.2 Å². The standard InChI is InChI=1S/C16H16FN3OS.2ClH/c17-13-4-3-11(16(21)12(13)10-18)15(14-2-1-9-22-14)20-7-5-19-6-8-20;;/h1-4,9,15,19,21H,5-8H2;2*1H/t15-;;/m1../s1. The Kier molecular flexibility index (Phi) is 7.94. The molecular formula is C16H18Cl2FN3OS. The van der Waals surface area contributed by atoms with Gasteiger partial charge in [0.2, 0.25) is 0 Å². The van der Waals surface area contributed by atoms with Gasteiger partial charge in [0, 0.05) is 36.6 Å². The van der Waals surface area contributed by atoms with Crippen molar-refractivity contribution >= 4 is 36.2 Å². The summed E-state index contributed by atoms with van der Waals surface area (Å²) in [6.07, 6.45) is 0. The Labute approximate surface area is 156 Å². The van der Waals surface area contributed by atoms with Gasteiger partial charge in [-0.1, -0.05) is 12.1 Å². The Morgan fingerprint density at radius 2 is 1.96 bits per heavy atom. The van der Waals surface area contributed by atoms with Gasteiger partial charge in [0.05, 0.1) is 6.04 Å². The predicted molar refractivity (Wildman–Crippen MR) is 97.9 cm³/mol. The van der Waals surface area contributed by atoms with Gasteiger partial charge in [-0.3, -0.25) is 4.90 Å². The molecule has 0 saturated carbocycles. The van der Waals surface area contributed by atoms with Crippen molar-refractivity contribution in [1.82, 2.24) is 10.2 Å². The molecule has 3 rings (SSSR count). The molecule has 1 saturated heterocycles. The molecule has 1 aliphatic rings. The van der Waals surface area contributed by atoms with Gasteiger partial charge in [-0.25, -0.2) is 4.39 Å². The van der Waals surface area contributed by atoms with Crippen molar-refractivity contribution in [2.75, 3.05) is 26.2 Å². The molecule has 2 heterocycles. The van der Waals surface area contributed by atoms with Crippen molar-refractivity contribution in [1.29, 1.82) is 5.26 Å². The molecule has 4 nitrogen and oxygen atoms in total. The molecule has 1 fully saturated rings. The van der Waals surface area contributed by atoms with Gasteiger partial charge in [0.1, 0.15) is 23.2 Å². The number of thiophene rings is 1. The maximum Gasteiger partial charge on any atom is 0.144 e. The van der Waals surface area contributed by atoms with E-state index in [1.54, 1.807) is 23.5 Å². The van der Waals surface area contributed by atoms with Gasteiger partial charge < -0.3 is 10.4 Å². The Bertz CT molecular complexity index is 700. The molecule has 24 heavy (non-hydrogen) atoms. The summed E-state index contributed by atoms with van der Waals surface area (Å²) < 4.78 is 13.7. The quantitative estimate of drug-likeness (QED) is 0.845. The molecule has 0 unspecified atom stereocenters. The first-order chi connectivity index (χ1) is 10.7. The van der Waals surface area contributed by atoms with Crippen molar-refractivity contribution in [3.05, 3.63) is 51.5 Å². The predicted octanol–water partition coefficient (Wildman–Crippen LogP) is 3.30. The van der Waals surface area contributed by atoms with Gasteiger partial charge in [-0.05, 0) is 17.5 Å². The average Bonchev–Trinajstić information content (AvgIpc) is 3.05. The Morgan fingerprint density at radius 3 is 2.54 bits per heavy atom. The first kappa shape index (κ1) is 20.7. The fourth-order valence-corrected chi connectivity index (χ4v) is 3.70. The van der Waals surface area contributed by atoms with E-state index in [-0.39, 0.29) is 42.2 Å². The number of aromatic hydroxyl groups is 1. The van der Waals surface area contributed by atoms with Crippen LogP contribution in [0, 0.1) is 17.1 Å². The number of rotatable bonds is 3. The van der Waals surface area contributed by atoms with E-state index in [4.69, 9.17) is 5.26 Å². The topological polar surface area (TPSA) is 59.3 Å². The highest BCUT2D eigenvalue weighted by Crippen LogP contribution is 2.38. The van der Waals surface area contributed by atoms with Crippen molar-refractivity contribution < 1.29 is 9.50 Å². The van der Waals surface area contributed by atoms with Crippen LogP contribution in [0.2, 0.25) is 0 Å². The number of phenolic OH excluding ortho intramolecular Hbond substituents is 1. The number of hydrogen-bond donors (Lipinski definition) is 2. The molecule has 0 spiro atoms. The summed E-state index contributed by atoms with van der Waals surface area (Å²) in [6.45, 7) is 3.41. The summed E-state index contributed by atoms with van der Waals surface area (Å²) in [7, 11) is 0. The van der Waals surface area contributed by atoms with Crippen LogP contribution in [0.15, 0.2) is 29.6 Å². The number of halogens is 3. The normalized spacial score (nSPS) is 15.7. The third kappa shape index (κ3) is 4.00. The zero-order valence-electron chi connectivity index (χ0n) is 12.7. The minimum Gasteiger partial charge on any atom is -0.506 e. The number of piperazine rings is 1. The van der Waals surface area contributed by atoms with Crippen LogP contribution in [-0.4, -0.2) is 36.2 Å². The number of nitriles is 1. The van der Waals surface area contributed by atoms with Crippen LogP contribution in [0.25, 0.3) is 0 Å². The maximum atomic E-state index is 13.7. The van der Waals surface area contributed by atoms with Gasteiger partial charge in [0.25, 0.3) is 0 Å². The molecule has 2 N–H and O–H groups in total. The fourth-order valence-electron chi connectivity index (χ4n) is 2.83. The van der Waals surface area contributed by atoms with Gasteiger partial charge >= 0.3 is 0 Å². The van der Waals surface area contributed by atoms with Crippen LogP contribution in [0.3, 0.4) is 0 Å². The first-order valence-electron chi connectivity index (χ1n) is 7.12. The summed E-state index contributed by atoms with van der Waals surface area (Å²) in [5.74, 6) is -0.937. The fraction of sp³-hybridized carbons (Fsp3) is 0.312. The number of benzene rings is 1. The lowest BCUT2D eigenvalue weighted by Crippen LogP contribution is -2.45. The largest absolute Gasteiger partial charge is 0.506 e. The van der Waals surface area contributed by atoms with Crippen LogP contribution in [0.5, 0.6) is 5.75 Å². The highest BCUT2D eigenvalue weighted by Gasteiger charge is 2.28. The van der Waals surface area contributed by atoms with Crippen molar-refractivity contribution in [3.63, 3.8) is 0 Å². The van der Waals surface area contributed by atoms with Crippen LogP contribution >= 0.6 is 36.2 Å². The number of nitrogens with one attached hydrogen (secondary N) is 1. The number of nitrogens with zero attached hydrogens (tertiary/aromatic N) is 2. The highest BCUT2D eigenvalue weighted by atomic mass is 35.5. The van der Waals surface area contributed by atoms with E-state index in [1.807, 2.05) is 17.5 Å². The van der Waals surface area contributed by atoms with Crippen molar-refractivity contribution in [2.24, 2.45) is 0 Å². The lowest BCUT2D eigenvalue weighted by Gasteiger charge is -2.35. The molecule has 1 aromatic carbocycles. The Hall–Kier alpha value is -1.36. The first-order valence-corrected chi connectivity index (χ1v) is 8.00. The van der Waals surface area contributed by atoms with Crippen molar-refractivity contribution in [2.45, 2.75) is 6.04 Å². The molecule has 0 amide bonds. The molecule has 0 radical (unpaired) electrons. The SMILES string of the molecule is Cl.Cl.N#Cc1c(F)ccc([C@H](c2cccs2)N2CCNCC2)c1O. The van der Waals surface area contributed by atoms with Crippen molar-refractivity contribution in [3.8, 4) is 11.8 Å². The third-order valence-electron chi connectivity index (χ3n) is 3.89. The maximum absolute atomic E-state index is 13.7. The zero-order valence-corrected chi connectivity index (χ0v) is 15.2. The van der Waals surface area contributed by atoms with E-state index in [2.05, 4.69) is 10.2 Å². The summed E-state index contributed by atoms with van der Waals surface area (Å²) in [4.78, 5) is 3.32. The second-order valence-electron chi connectivity index (χ2n) is 5.18. The Balaban J connectivity index is 0.00000144. The molecule has 1 aliphatic heterocycles. The molecule has 1 atom stereocenters. The summed E-state index contributed by atoms with van der Waals surface area (Å²) in [5, 5.41) is 24.7. The number of hydrogen-bond acceptors (Lipinski definition) is 5. The van der Waals surface area contributed by atoms with Crippen LogP contribution in [-0.2, 0) is 0 Å². The highest BCUT2D eigenvalue weighted by molar-refractivity contribution is 7.10. The molecule has 0 aliphatic carbocycles. The lowest BCUT2D eigenvalue weighted by atomic mass is 9.98. The lowest BCUT2D eigenvalue weighted by molar-refractivity contribution is 0.198. The van der Waals surface area contributed by atoms with E-state index in [0.29, 0.717) is 5.56 Å². The third-order valence-corrected chi connectivity index (χ3v) is 4.82.